The number of allylic oxidation sites excluding steroid dienone is 1. The Balaban J connectivity index is 5.29. The van der Waals surface area contributed by atoms with Crippen LogP contribution >= 0.6 is 7.60 Å². The molecule has 0 aromatic carbocycles. The summed E-state index contributed by atoms with van der Waals surface area (Å²) in [5.41, 5.74) is 0. The van der Waals surface area contributed by atoms with Crippen molar-refractivity contribution in [3.8, 4) is 0 Å². The minimum atomic E-state index is -4.59. The van der Waals surface area contributed by atoms with Crippen LogP contribution < -0.4 is 0 Å². The van der Waals surface area contributed by atoms with Crippen molar-refractivity contribution in [2.75, 3.05) is 0 Å². The van der Waals surface area contributed by atoms with Gasteiger partial charge in [-0.2, -0.15) is 0 Å². The zero-order valence-corrected chi connectivity index (χ0v) is 4.07. The van der Waals surface area contributed by atoms with E-state index < -0.39 is 26.3 Å². The predicted octanol–water partition coefficient (Wildman–Crippen LogP) is 0.698. The molecule has 0 bridgehead atoms. The highest BCUT2D eigenvalue weighted by atomic mass is 31.2. The molecular weight excluding hydrogens is 115 g/mol. The van der Waals surface area contributed by atoms with Gasteiger partial charge in [0.2, 0.25) is 2.86 Å². The van der Waals surface area contributed by atoms with Gasteiger partial charge < -0.3 is 9.79 Å². The first-order valence-electron chi connectivity index (χ1n) is 4.59. The Kier molecular flexibility index (Phi) is 0.465. The molecule has 3 nitrogen and oxygen atoms in total. The molecule has 0 heterocycles. The first-order chi connectivity index (χ1) is 6.19. The molecule has 0 radical (unpaired) electrons. The third-order valence-electron chi connectivity index (χ3n) is 0.193. The summed E-state index contributed by atoms with van der Waals surface area (Å²) in [6.45, 7) is -2.95. The monoisotopic (exact) mass is 129 g/mol. The molecule has 0 rings (SSSR count). The van der Waals surface area contributed by atoms with E-state index in [0.717, 1.165) is 0 Å². The van der Waals surface area contributed by atoms with Gasteiger partial charge in [0.1, 0.15) is 0 Å². The molecule has 0 aliphatic carbocycles. The smallest absolute Gasteiger partial charge is 0.321 e. The normalized spacial score (nSPS) is 31.7. The van der Waals surface area contributed by atoms with Crippen molar-refractivity contribution in [1.29, 1.82) is 2.86 Å². The van der Waals surface area contributed by atoms with Gasteiger partial charge >= 0.3 is 7.60 Å². The third-order valence-corrected chi connectivity index (χ3v) is 0.578. The van der Waals surface area contributed by atoms with Gasteiger partial charge in [-0.25, -0.2) is 0 Å². The number of rotatable bonds is 3. The van der Waals surface area contributed by atoms with E-state index in [4.69, 9.17) is 9.72 Å². The number of hydrogen-bond acceptors (Lipinski definition) is 3. The summed E-state index contributed by atoms with van der Waals surface area (Å²) in [6.07, 6.45) is 0. The van der Waals surface area contributed by atoms with Crippen LogP contribution in [0.4, 0.5) is 0 Å². The van der Waals surface area contributed by atoms with E-state index in [1.165, 1.54) is 0 Å². The average molecular weight is 129 g/mol. The van der Waals surface area contributed by atoms with Crippen LogP contribution in [0.5, 0.6) is 0 Å². The molecule has 0 aromatic heterocycles. The Hall–Kier alpha value is -0.110. The maximum absolute atomic E-state index is 11.1. The molecule has 42 valence electrons. The molecule has 0 aromatic rings. The molecule has 0 fully saturated rings. The van der Waals surface area contributed by atoms with Crippen LogP contribution in [0.15, 0.2) is 11.8 Å². The molecule has 0 saturated heterocycles. The highest BCUT2D eigenvalue weighted by molar-refractivity contribution is 7.55. The molecule has 4 heteroatoms. The van der Waals surface area contributed by atoms with Crippen molar-refractivity contribution in [1.82, 2.24) is 0 Å². The lowest BCUT2D eigenvalue weighted by Crippen LogP contribution is -1.65. The summed E-state index contributed by atoms with van der Waals surface area (Å²) >= 11 is 0. The summed E-state index contributed by atoms with van der Waals surface area (Å²) in [5.74, 6) is -1.32. The van der Waals surface area contributed by atoms with Crippen molar-refractivity contribution >= 4 is 7.60 Å². The van der Waals surface area contributed by atoms with E-state index in [1.807, 2.05) is 0 Å². The summed E-state index contributed by atoms with van der Waals surface area (Å²) in [4.78, 5) is 6.89. The Morgan fingerprint density at radius 2 is 2.86 bits per heavy atom. The van der Waals surface area contributed by atoms with Crippen LogP contribution in [0.2, 0.25) is 0 Å². The molecule has 0 saturated carbocycles. The van der Waals surface area contributed by atoms with Gasteiger partial charge in [-0.05, 0) is 6.85 Å². The van der Waals surface area contributed by atoms with Crippen LogP contribution in [0.3, 0.4) is 0 Å². The number of hydrogen-bond donors (Lipinski definition) is 2. The first kappa shape index (κ1) is 1.44. The minimum Gasteiger partial charge on any atom is -0.321 e. The first-order valence-corrected chi connectivity index (χ1v) is 2.81. The van der Waals surface area contributed by atoms with Crippen LogP contribution in [-0.4, -0.2) is 12.7 Å². The maximum atomic E-state index is 11.1. The molecule has 0 spiro atoms. The van der Waals surface area contributed by atoms with Crippen LogP contribution in [-0.2, 0) is 4.57 Å². The SMILES string of the molecule is [2H]OP(=O)(O[2H])/C([2H])=C(/[2H])C([2H])([2H])[2H]. The van der Waals surface area contributed by atoms with Crippen LogP contribution in [0, 0.1) is 0 Å². The Labute approximate surface area is 51.8 Å². The van der Waals surface area contributed by atoms with Gasteiger partial charge in [0, 0.05) is 9.91 Å². The van der Waals surface area contributed by atoms with Gasteiger partial charge in [0.15, 0.2) is 0 Å². The highest BCUT2D eigenvalue weighted by Gasteiger charge is 2.02. The third kappa shape index (κ3) is 5.89. The fourth-order valence-corrected chi connectivity index (χ4v) is 0.205. The van der Waals surface area contributed by atoms with Crippen LogP contribution in [0.25, 0.3) is 0 Å². The van der Waals surface area contributed by atoms with E-state index in [9.17, 15) is 4.57 Å². The molecule has 2 N–H and O–H groups in total. The second kappa shape index (κ2) is 2.26. The van der Waals surface area contributed by atoms with E-state index in [1.54, 1.807) is 0 Å². The second-order valence-electron chi connectivity index (χ2n) is 0.734. The van der Waals surface area contributed by atoms with E-state index in [0.29, 0.717) is 0 Å². The minimum absolute atomic E-state index is 1.28. The average Bonchev–Trinajstić information content (AvgIpc) is 2.12. The Bertz CT molecular complexity index is 274. The van der Waals surface area contributed by atoms with E-state index in [2.05, 4.69) is 9.79 Å². The molecule has 0 aliphatic rings. The summed E-state index contributed by atoms with van der Waals surface area (Å²) in [6, 6.07) is -1.28. The molecule has 0 atom stereocenters. The van der Waals surface area contributed by atoms with Crippen molar-refractivity contribution in [3.63, 3.8) is 0 Å². The maximum Gasteiger partial charge on any atom is 0.348 e. The highest BCUT2D eigenvalue weighted by Crippen LogP contribution is 2.35. The molecule has 0 amide bonds. The van der Waals surface area contributed by atoms with E-state index in [-0.39, 0.29) is 0 Å². The fourth-order valence-electron chi connectivity index (χ4n) is 0.0685. The van der Waals surface area contributed by atoms with Gasteiger partial charge in [0.25, 0.3) is 0 Å². The largest absolute Gasteiger partial charge is 0.348 e. The quantitative estimate of drug-likeness (QED) is 0.551. The van der Waals surface area contributed by atoms with Gasteiger partial charge in [-0.3, -0.25) is 4.57 Å². The Morgan fingerprint density at radius 1 is 2.14 bits per heavy atom. The van der Waals surface area contributed by atoms with Crippen molar-refractivity contribution in [2.45, 2.75) is 6.85 Å². The van der Waals surface area contributed by atoms with Crippen LogP contribution in [0.1, 0.15) is 13.7 Å². The standard InChI is InChI=1S/C3H7O3P/c1-2-3-7(4,5)6/h2-3H,1H3,(H2,4,5,6)/b3-2-/i1D3,2D,3D/hD2. The molecule has 0 aliphatic heterocycles. The lowest BCUT2D eigenvalue weighted by molar-refractivity contribution is 0.386. The summed E-state index contributed by atoms with van der Waals surface area (Å²) in [5, 5.41) is 0. The molecular formula is C3H7O3P. The van der Waals surface area contributed by atoms with Gasteiger partial charge in [0.05, 0.1) is 2.74 Å². The fraction of sp³-hybridized carbons (Fsp3) is 0.333. The summed E-state index contributed by atoms with van der Waals surface area (Å²) in [7, 11) is -4.59. The zero-order valence-electron chi connectivity index (χ0n) is 10.2. The van der Waals surface area contributed by atoms with E-state index >= 15 is 0 Å². The van der Waals surface area contributed by atoms with Gasteiger partial charge in [-0.1, -0.05) is 6.05 Å². The molecule has 7 heavy (non-hydrogen) atoms. The molecule has 0 unspecified atom stereocenters. The lowest BCUT2D eigenvalue weighted by Gasteiger charge is -1.89. The van der Waals surface area contributed by atoms with Crippen molar-refractivity contribution in [3.05, 3.63) is 11.8 Å². The second-order valence-corrected chi connectivity index (χ2v) is 1.95. The Morgan fingerprint density at radius 3 is 3.29 bits per heavy atom. The lowest BCUT2D eigenvalue weighted by atomic mass is 10.8. The van der Waals surface area contributed by atoms with Crippen molar-refractivity contribution < 1.29 is 21.2 Å². The predicted molar refractivity (Wildman–Crippen MR) is 26.9 cm³/mol. The summed E-state index contributed by atoms with van der Waals surface area (Å²) < 4.78 is 57.6. The topological polar surface area (TPSA) is 57.5 Å². The van der Waals surface area contributed by atoms with Crippen molar-refractivity contribution in [2.24, 2.45) is 0 Å². The zero-order chi connectivity index (χ0) is 11.6. The van der Waals surface area contributed by atoms with Gasteiger partial charge in [-0.15, -0.1) is 0 Å².